The van der Waals surface area contributed by atoms with Gasteiger partial charge in [-0.3, -0.25) is 4.72 Å². The molecule has 2 aromatic carbocycles. The first-order valence-electron chi connectivity index (χ1n) is 6.60. The number of aryl methyl sites for hydroxylation is 1. The zero-order chi connectivity index (χ0) is 17.1. The summed E-state index contributed by atoms with van der Waals surface area (Å²) < 4.78 is 63.8. The summed E-state index contributed by atoms with van der Waals surface area (Å²) in [5, 5.41) is 0.915. The monoisotopic (exact) mass is 341 g/mol. The summed E-state index contributed by atoms with van der Waals surface area (Å²) in [5.41, 5.74) is 0.644. The molecular formula is C16H14F3NO2S. The molecule has 0 fully saturated rings. The van der Waals surface area contributed by atoms with Crippen LogP contribution < -0.4 is 4.72 Å². The molecule has 2 rings (SSSR count). The molecule has 0 aliphatic rings. The van der Waals surface area contributed by atoms with Gasteiger partial charge in [0.25, 0.3) is 10.0 Å². The van der Waals surface area contributed by atoms with Crippen LogP contribution in [0.4, 0.5) is 18.9 Å². The SMILES string of the molecule is Cc1ccc(C=CS(=O)(=O)Nc2cccc(C(F)(F)F)c2)cc1. The molecule has 0 saturated heterocycles. The van der Waals surface area contributed by atoms with E-state index in [0.29, 0.717) is 5.56 Å². The van der Waals surface area contributed by atoms with Crippen molar-refractivity contribution in [3.8, 4) is 0 Å². The fourth-order valence-electron chi connectivity index (χ4n) is 1.80. The van der Waals surface area contributed by atoms with Gasteiger partial charge in [-0.25, -0.2) is 8.42 Å². The highest BCUT2D eigenvalue weighted by Gasteiger charge is 2.30. The molecule has 122 valence electrons. The van der Waals surface area contributed by atoms with Crippen LogP contribution in [-0.4, -0.2) is 8.42 Å². The number of nitrogens with one attached hydrogen (secondary N) is 1. The zero-order valence-corrected chi connectivity index (χ0v) is 12.9. The van der Waals surface area contributed by atoms with Crippen LogP contribution >= 0.6 is 0 Å². The molecule has 0 aliphatic heterocycles. The minimum absolute atomic E-state index is 0.145. The normalized spacial score (nSPS) is 12.5. The minimum atomic E-state index is -4.53. The van der Waals surface area contributed by atoms with Crippen molar-refractivity contribution in [2.45, 2.75) is 13.1 Å². The maximum atomic E-state index is 12.6. The summed E-state index contributed by atoms with van der Waals surface area (Å²) in [6.45, 7) is 1.90. The van der Waals surface area contributed by atoms with Crippen LogP contribution in [0.1, 0.15) is 16.7 Å². The third-order valence-electron chi connectivity index (χ3n) is 2.97. The highest BCUT2D eigenvalue weighted by Crippen LogP contribution is 2.30. The Hall–Kier alpha value is -2.28. The van der Waals surface area contributed by atoms with Gasteiger partial charge in [-0.1, -0.05) is 35.9 Å². The highest BCUT2D eigenvalue weighted by molar-refractivity contribution is 7.95. The summed E-state index contributed by atoms with van der Waals surface area (Å²) >= 11 is 0. The fraction of sp³-hybridized carbons (Fsp3) is 0.125. The number of anilines is 1. The molecule has 23 heavy (non-hydrogen) atoms. The maximum absolute atomic E-state index is 12.6. The van der Waals surface area contributed by atoms with Crippen LogP contribution in [0.3, 0.4) is 0 Å². The molecule has 0 bridgehead atoms. The molecule has 7 heteroatoms. The first-order chi connectivity index (χ1) is 10.7. The van der Waals surface area contributed by atoms with Crippen molar-refractivity contribution >= 4 is 21.8 Å². The molecule has 1 N–H and O–H groups in total. The maximum Gasteiger partial charge on any atom is 0.416 e. The van der Waals surface area contributed by atoms with Gasteiger partial charge in [-0.15, -0.1) is 0 Å². The standard InChI is InChI=1S/C16H14F3NO2S/c1-12-5-7-13(8-6-12)9-10-23(21,22)20-15-4-2-3-14(11-15)16(17,18)19/h2-11,20H,1H3. The van der Waals surface area contributed by atoms with Crippen molar-refractivity contribution in [1.82, 2.24) is 0 Å². The van der Waals surface area contributed by atoms with E-state index >= 15 is 0 Å². The van der Waals surface area contributed by atoms with Crippen LogP contribution in [0.25, 0.3) is 6.08 Å². The van der Waals surface area contributed by atoms with Crippen molar-refractivity contribution in [3.63, 3.8) is 0 Å². The summed E-state index contributed by atoms with van der Waals surface area (Å²) in [6, 6.07) is 11.2. The molecule has 0 aromatic heterocycles. The van der Waals surface area contributed by atoms with Crippen LogP contribution in [0.15, 0.2) is 53.9 Å². The quantitative estimate of drug-likeness (QED) is 0.894. The van der Waals surface area contributed by atoms with Gasteiger partial charge < -0.3 is 0 Å². The molecule has 0 heterocycles. The molecule has 2 aromatic rings. The van der Waals surface area contributed by atoms with Gasteiger partial charge in [0, 0.05) is 5.69 Å². The van der Waals surface area contributed by atoms with Gasteiger partial charge in [0.1, 0.15) is 0 Å². The number of halogens is 3. The minimum Gasteiger partial charge on any atom is -0.280 e. The van der Waals surface area contributed by atoms with E-state index in [1.807, 2.05) is 19.1 Å². The smallest absolute Gasteiger partial charge is 0.280 e. The van der Waals surface area contributed by atoms with E-state index in [9.17, 15) is 21.6 Å². The number of alkyl halides is 3. The Kier molecular flexibility index (Phi) is 4.79. The Morgan fingerprint density at radius 1 is 1.04 bits per heavy atom. The van der Waals surface area contributed by atoms with Crippen molar-refractivity contribution in [3.05, 3.63) is 70.6 Å². The first-order valence-corrected chi connectivity index (χ1v) is 8.15. The molecular weight excluding hydrogens is 327 g/mol. The number of benzene rings is 2. The van der Waals surface area contributed by atoms with Crippen molar-refractivity contribution < 1.29 is 21.6 Å². The van der Waals surface area contributed by atoms with Crippen LogP contribution in [-0.2, 0) is 16.2 Å². The van der Waals surface area contributed by atoms with E-state index < -0.39 is 21.8 Å². The lowest BCUT2D eigenvalue weighted by Gasteiger charge is -2.09. The predicted molar refractivity (Wildman–Crippen MR) is 84.2 cm³/mol. The summed E-state index contributed by atoms with van der Waals surface area (Å²) in [5.74, 6) is 0. The molecule has 0 unspecified atom stereocenters. The van der Waals surface area contributed by atoms with Crippen LogP contribution in [0, 0.1) is 6.92 Å². The molecule has 0 atom stereocenters. The first kappa shape index (κ1) is 17.1. The third kappa shape index (κ3) is 5.14. The Balaban J connectivity index is 2.17. The number of hydrogen-bond donors (Lipinski definition) is 1. The van der Waals surface area contributed by atoms with Gasteiger partial charge in [0.2, 0.25) is 0 Å². The second-order valence-electron chi connectivity index (χ2n) is 4.94. The second-order valence-corrected chi connectivity index (χ2v) is 6.51. The Morgan fingerprint density at radius 3 is 2.30 bits per heavy atom. The van der Waals surface area contributed by atoms with Crippen LogP contribution in [0.2, 0.25) is 0 Å². The summed E-state index contributed by atoms with van der Waals surface area (Å²) in [7, 11) is -3.90. The largest absolute Gasteiger partial charge is 0.416 e. The van der Waals surface area contributed by atoms with E-state index in [1.165, 1.54) is 12.1 Å². The molecule has 0 amide bonds. The van der Waals surface area contributed by atoms with E-state index in [4.69, 9.17) is 0 Å². The van der Waals surface area contributed by atoms with E-state index in [0.717, 1.165) is 29.2 Å². The van der Waals surface area contributed by atoms with Crippen molar-refractivity contribution in [1.29, 1.82) is 0 Å². The average Bonchev–Trinajstić information content (AvgIpc) is 2.46. The van der Waals surface area contributed by atoms with Crippen molar-refractivity contribution in [2.24, 2.45) is 0 Å². The molecule has 0 spiro atoms. The van der Waals surface area contributed by atoms with Gasteiger partial charge in [-0.2, -0.15) is 13.2 Å². The van der Waals surface area contributed by atoms with Gasteiger partial charge in [0.15, 0.2) is 0 Å². The number of rotatable bonds is 4. The van der Waals surface area contributed by atoms with E-state index in [1.54, 1.807) is 12.1 Å². The van der Waals surface area contributed by atoms with Crippen molar-refractivity contribution in [2.75, 3.05) is 4.72 Å². The lowest BCUT2D eigenvalue weighted by Crippen LogP contribution is -2.11. The molecule has 0 aliphatic carbocycles. The topological polar surface area (TPSA) is 46.2 Å². The molecule has 3 nitrogen and oxygen atoms in total. The molecule has 0 radical (unpaired) electrons. The Bertz CT molecular complexity index is 810. The second kappa shape index (κ2) is 6.45. The number of sulfonamides is 1. The zero-order valence-electron chi connectivity index (χ0n) is 12.1. The summed E-state index contributed by atoms with van der Waals surface area (Å²) in [6.07, 6.45) is -3.16. The third-order valence-corrected chi connectivity index (χ3v) is 3.98. The van der Waals surface area contributed by atoms with E-state index in [2.05, 4.69) is 4.72 Å². The summed E-state index contributed by atoms with van der Waals surface area (Å²) in [4.78, 5) is 0. The fourth-order valence-corrected chi connectivity index (χ4v) is 2.66. The Morgan fingerprint density at radius 2 is 1.70 bits per heavy atom. The van der Waals surface area contributed by atoms with Gasteiger partial charge in [0.05, 0.1) is 11.0 Å². The lowest BCUT2D eigenvalue weighted by atomic mass is 10.2. The average molecular weight is 341 g/mol. The predicted octanol–water partition coefficient (Wildman–Crippen LogP) is 4.43. The van der Waals surface area contributed by atoms with Gasteiger partial charge in [-0.05, 0) is 36.8 Å². The van der Waals surface area contributed by atoms with Crippen LogP contribution in [0.5, 0.6) is 0 Å². The molecule has 0 saturated carbocycles. The Labute approximate surface area is 132 Å². The lowest BCUT2D eigenvalue weighted by molar-refractivity contribution is -0.137. The highest BCUT2D eigenvalue weighted by atomic mass is 32.2. The number of hydrogen-bond acceptors (Lipinski definition) is 2. The van der Waals surface area contributed by atoms with E-state index in [-0.39, 0.29) is 5.69 Å². The van der Waals surface area contributed by atoms with Gasteiger partial charge >= 0.3 is 6.18 Å².